The summed E-state index contributed by atoms with van der Waals surface area (Å²) in [5.41, 5.74) is 2.40. The monoisotopic (exact) mass is 315 g/mol. The molecule has 3 nitrogen and oxygen atoms in total. The highest BCUT2D eigenvalue weighted by molar-refractivity contribution is 9.10. The lowest BCUT2D eigenvalue weighted by Gasteiger charge is -2.14. The Kier molecular flexibility index (Phi) is 3.65. The molecule has 0 aliphatic carbocycles. The molecule has 0 amide bonds. The second-order valence-electron chi connectivity index (χ2n) is 3.00. The maximum absolute atomic E-state index is 13.4. The summed E-state index contributed by atoms with van der Waals surface area (Å²) in [5.74, 6) is -2.47. The van der Waals surface area contributed by atoms with E-state index in [1.807, 2.05) is 0 Å². The largest absolute Gasteiger partial charge is 0.465 e. The van der Waals surface area contributed by atoms with Gasteiger partial charge in [-0.25, -0.2) is 9.18 Å². The van der Waals surface area contributed by atoms with Crippen LogP contribution < -0.4 is 5.73 Å². The lowest BCUT2D eigenvalue weighted by atomic mass is 10.1. The molecular formula is C9H6BrF4NO2. The van der Waals surface area contributed by atoms with Crippen LogP contribution in [0.3, 0.4) is 0 Å². The van der Waals surface area contributed by atoms with Crippen molar-refractivity contribution in [2.45, 2.75) is 6.18 Å². The Bertz CT molecular complexity index is 473. The van der Waals surface area contributed by atoms with Crippen LogP contribution in [0.15, 0.2) is 10.5 Å². The maximum Gasteiger partial charge on any atom is 0.418 e. The fraction of sp³-hybridized carbons (Fsp3) is 0.222. The van der Waals surface area contributed by atoms with Crippen LogP contribution >= 0.6 is 15.9 Å². The lowest BCUT2D eigenvalue weighted by Crippen LogP contribution is -2.14. The fourth-order valence-corrected chi connectivity index (χ4v) is 1.72. The zero-order valence-corrected chi connectivity index (χ0v) is 9.95. The molecule has 1 aromatic rings. The number of carbonyl (C=O) groups excluding carboxylic acids is 1. The first-order chi connectivity index (χ1) is 7.70. The number of halogens is 5. The molecule has 0 unspecified atom stereocenters. The average Bonchev–Trinajstić information content (AvgIpc) is 2.21. The quantitative estimate of drug-likeness (QED) is 0.492. The van der Waals surface area contributed by atoms with Crippen molar-refractivity contribution < 1.29 is 27.1 Å². The summed E-state index contributed by atoms with van der Waals surface area (Å²) in [6.45, 7) is 0. The van der Waals surface area contributed by atoms with Gasteiger partial charge in [0.15, 0.2) is 0 Å². The Morgan fingerprint density at radius 2 is 2.00 bits per heavy atom. The number of carbonyl (C=O) groups is 1. The highest BCUT2D eigenvalue weighted by Gasteiger charge is 2.36. The topological polar surface area (TPSA) is 52.3 Å². The molecule has 0 aliphatic rings. The Labute approximate surface area is 102 Å². The normalized spacial score (nSPS) is 11.4. The van der Waals surface area contributed by atoms with E-state index in [0.717, 1.165) is 7.11 Å². The molecule has 1 rings (SSSR count). The second-order valence-corrected chi connectivity index (χ2v) is 3.79. The van der Waals surface area contributed by atoms with Crippen molar-refractivity contribution in [3.8, 4) is 0 Å². The minimum Gasteiger partial charge on any atom is -0.465 e. The molecule has 2 N–H and O–H groups in total. The molecule has 0 aromatic heterocycles. The van der Waals surface area contributed by atoms with E-state index in [0.29, 0.717) is 0 Å². The summed E-state index contributed by atoms with van der Waals surface area (Å²) >= 11 is 2.65. The standard InChI is InChI=1S/C9H6BrF4NO2/c1-17-8(16)5-4(11)2-3(9(12,13)14)7(15)6(5)10/h2H,15H2,1H3. The van der Waals surface area contributed by atoms with Gasteiger partial charge in [-0.3, -0.25) is 0 Å². The zero-order chi connectivity index (χ0) is 13.4. The number of rotatable bonds is 1. The van der Waals surface area contributed by atoms with Crippen LogP contribution in [0.2, 0.25) is 0 Å². The van der Waals surface area contributed by atoms with E-state index in [1.165, 1.54) is 0 Å². The number of anilines is 1. The summed E-state index contributed by atoms with van der Waals surface area (Å²) in [7, 11) is 0.974. The van der Waals surface area contributed by atoms with Gasteiger partial charge in [0.1, 0.15) is 11.4 Å². The van der Waals surface area contributed by atoms with Gasteiger partial charge in [0.05, 0.1) is 22.8 Å². The number of methoxy groups -OCH3 is 1. The molecule has 0 radical (unpaired) electrons. The molecule has 0 fully saturated rings. The molecule has 0 spiro atoms. The van der Waals surface area contributed by atoms with Crippen molar-refractivity contribution in [1.82, 2.24) is 0 Å². The minimum absolute atomic E-state index is 0.159. The van der Waals surface area contributed by atoms with Crippen LogP contribution in [0.4, 0.5) is 23.2 Å². The number of benzene rings is 1. The lowest BCUT2D eigenvalue weighted by molar-refractivity contribution is -0.137. The average molecular weight is 316 g/mol. The Balaban J connectivity index is 3.53. The van der Waals surface area contributed by atoms with Crippen molar-refractivity contribution in [2.24, 2.45) is 0 Å². The van der Waals surface area contributed by atoms with Crippen LogP contribution in [0.1, 0.15) is 15.9 Å². The van der Waals surface area contributed by atoms with Gasteiger partial charge in [0, 0.05) is 0 Å². The summed E-state index contributed by atoms with van der Waals surface area (Å²) in [5, 5.41) is 0. The van der Waals surface area contributed by atoms with Crippen LogP contribution in [-0.4, -0.2) is 13.1 Å². The molecule has 1 aromatic carbocycles. The zero-order valence-electron chi connectivity index (χ0n) is 8.36. The van der Waals surface area contributed by atoms with Gasteiger partial charge in [-0.2, -0.15) is 13.2 Å². The maximum atomic E-state index is 13.4. The molecule has 8 heteroatoms. The number of alkyl halides is 3. The third-order valence-corrected chi connectivity index (χ3v) is 2.77. The first-order valence-electron chi connectivity index (χ1n) is 4.13. The summed E-state index contributed by atoms with van der Waals surface area (Å²) in [6, 6.07) is 0.159. The van der Waals surface area contributed by atoms with Gasteiger partial charge in [-0.05, 0) is 22.0 Å². The second kappa shape index (κ2) is 4.52. The predicted molar refractivity (Wildman–Crippen MR) is 54.9 cm³/mol. The van der Waals surface area contributed by atoms with Gasteiger partial charge in [0.25, 0.3) is 0 Å². The van der Waals surface area contributed by atoms with E-state index in [2.05, 4.69) is 20.7 Å². The smallest absolute Gasteiger partial charge is 0.418 e. The predicted octanol–water partition coefficient (Wildman–Crippen LogP) is 2.98. The number of nitrogen functional groups attached to an aromatic ring is 1. The van der Waals surface area contributed by atoms with E-state index in [1.54, 1.807) is 0 Å². The first-order valence-corrected chi connectivity index (χ1v) is 4.92. The van der Waals surface area contributed by atoms with E-state index in [4.69, 9.17) is 5.73 Å². The molecular weight excluding hydrogens is 310 g/mol. The Hall–Kier alpha value is -1.31. The number of nitrogens with two attached hydrogens (primary N) is 1. The van der Waals surface area contributed by atoms with E-state index < -0.39 is 39.2 Å². The van der Waals surface area contributed by atoms with Crippen LogP contribution in [0.25, 0.3) is 0 Å². The third kappa shape index (κ3) is 2.51. The van der Waals surface area contributed by atoms with Gasteiger partial charge in [-0.15, -0.1) is 0 Å². The van der Waals surface area contributed by atoms with Gasteiger partial charge in [0.2, 0.25) is 0 Å². The van der Waals surface area contributed by atoms with E-state index in [-0.39, 0.29) is 6.07 Å². The van der Waals surface area contributed by atoms with Crippen molar-refractivity contribution >= 4 is 27.6 Å². The fourth-order valence-electron chi connectivity index (χ4n) is 1.16. The summed E-state index contributed by atoms with van der Waals surface area (Å²) < 4.78 is 54.4. The van der Waals surface area contributed by atoms with Crippen LogP contribution in [0, 0.1) is 5.82 Å². The highest BCUT2D eigenvalue weighted by Crippen LogP contribution is 2.39. The highest BCUT2D eigenvalue weighted by atomic mass is 79.9. The van der Waals surface area contributed by atoms with E-state index >= 15 is 0 Å². The summed E-state index contributed by atoms with van der Waals surface area (Å²) in [6.07, 6.45) is -4.80. The molecule has 17 heavy (non-hydrogen) atoms. The molecule has 0 saturated heterocycles. The van der Waals surface area contributed by atoms with E-state index in [9.17, 15) is 22.4 Å². The van der Waals surface area contributed by atoms with Gasteiger partial charge in [-0.1, -0.05) is 0 Å². The van der Waals surface area contributed by atoms with Crippen molar-refractivity contribution in [1.29, 1.82) is 0 Å². The summed E-state index contributed by atoms with van der Waals surface area (Å²) in [4.78, 5) is 11.1. The number of hydrogen-bond acceptors (Lipinski definition) is 3. The molecule has 94 valence electrons. The molecule has 0 heterocycles. The molecule has 0 aliphatic heterocycles. The number of ether oxygens (including phenoxy) is 1. The molecule has 0 saturated carbocycles. The first kappa shape index (κ1) is 13.8. The SMILES string of the molecule is COC(=O)c1c(F)cc(C(F)(F)F)c(N)c1Br. The number of hydrogen-bond donors (Lipinski definition) is 1. The number of esters is 1. The van der Waals surface area contributed by atoms with Gasteiger partial charge >= 0.3 is 12.1 Å². The Morgan fingerprint density at radius 1 is 1.47 bits per heavy atom. The molecule has 0 atom stereocenters. The van der Waals surface area contributed by atoms with Crippen molar-refractivity contribution in [3.05, 3.63) is 27.5 Å². The minimum atomic E-state index is -4.80. The molecule has 0 bridgehead atoms. The van der Waals surface area contributed by atoms with Crippen molar-refractivity contribution in [2.75, 3.05) is 12.8 Å². The third-order valence-electron chi connectivity index (χ3n) is 1.95. The van der Waals surface area contributed by atoms with Crippen LogP contribution in [-0.2, 0) is 10.9 Å². The Morgan fingerprint density at radius 3 is 2.41 bits per heavy atom. The van der Waals surface area contributed by atoms with Crippen LogP contribution in [0.5, 0.6) is 0 Å². The van der Waals surface area contributed by atoms with Crippen molar-refractivity contribution in [3.63, 3.8) is 0 Å². The van der Waals surface area contributed by atoms with Gasteiger partial charge < -0.3 is 10.5 Å².